The molecular formula is C19H23N5O9. The maximum Gasteiger partial charge on any atom is 0.303 e. The Morgan fingerprint density at radius 1 is 1.15 bits per heavy atom. The van der Waals surface area contributed by atoms with E-state index in [9.17, 15) is 19.2 Å². The van der Waals surface area contributed by atoms with Gasteiger partial charge in [-0.2, -0.15) is 0 Å². The van der Waals surface area contributed by atoms with Crippen molar-refractivity contribution in [2.24, 2.45) is 5.11 Å². The van der Waals surface area contributed by atoms with E-state index in [-0.39, 0.29) is 5.69 Å². The maximum atomic E-state index is 12.9. The number of ether oxygens (including phenoxy) is 5. The molecule has 0 spiro atoms. The van der Waals surface area contributed by atoms with Gasteiger partial charge in [0.05, 0.1) is 7.11 Å². The predicted octanol–water partition coefficient (Wildman–Crippen LogP) is 0.650. The number of amides is 1. The smallest absolute Gasteiger partial charge is 0.303 e. The highest BCUT2D eigenvalue weighted by Gasteiger charge is 2.50. The van der Waals surface area contributed by atoms with Crippen molar-refractivity contribution >= 4 is 23.8 Å². The number of nitrogens with zero attached hydrogens (tertiary/aromatic N) is 4. The van der Waals surface area contributed by atoms with E-state index in [4.69, 9.17) is 29.2 Å². The minimum absolute atomic E-state index is 0.0540. The van der Waals surface area contributed by atoms with E-state index in [2.05, 4.69) is 20.3 Å². The minimum Gasteiger partial charge on any atom is -0.497 e. The summed E-state index contributed by atoms with van der Waals surface area (Å²) in [5, 5.41) is 6.06. The molecule has 1 saturated heterocycles. The fraction of sp³-hybridized carbons (Fsp3) is 0.526. The SMILES string of the molecule is COc1ccnc(C(=O)N[C@@H]2[C@@H](OC(C)=O)[C@H](OC(C)=O)[C@@H](COC(C)=O)O[C@@H]2N=[N+]=[N-])c1. The molecule has 1 fully saturated rings. The van der Waals surface area contributed by atoms with Crippen LogP contribution in [0.2, 0.25) is 0 Å². The van der Waals surface area contributed by atoms with Crippen molar-refractivity contribution in [2.75, 3.05) is 13.7 Å². The maximum absolute atomic E-state index is 12.9. The number of carbonyl (C=O) groups is 4. The number of carbonyl (C=O) groups excluding carboxylic acids is 4. The number of esters is 3. The lowest BCUT2D eigenvalue weighted by Crippen LogP contribution is -2.65. The average molecular weight is 465 g/mol. The first-order valence-electron chi connectivity index (χ1n) is 9.64. The zero-order valence-electron chi connectivity index (χ0n) is 18.3. The Morgan fingerprint density at radius 3 is 2.39 bits per heavy atom. The van der Waals surface area contributed by atoms with Crippen molar-refractivity contribution in [1.29, 1.82) is 0 Å². The van der Waals surface area contributed by atoms with Crippen molar-refractivity contribution in [3.63, 3.8) is 0 Å². The number of nitrogens with one attached hydrogen (secondary N) is 1. The molecule has 0 aliphatic carbocycles. The highest BCUT2D eigenvalue weighted by Crippen LogP contribution is 2.28. The Hall–Kier alpha value is -3.90. The van der Waals surface area contributed by atoms with Gasteiger partial charge in [-0.15, -0.1) is 0 Å². The summed E-state index contributed by atoms with van der Waals surface area (Å²) in [7, 11) is 1.41. The molecule has 14 nitrogen and oxygen atoms in total. The third kappa shape index (κ3) is 7.05. The van der Waals surface area contributed by atoms with Crippen molar-refractivity contribution < 1.29 is 42.9 Å². The lowest BCUT2D eigenvalue weighted by molar-refractivity contribution is -0.221. The van der Waals surface area contributed by atoms with Gasteiger partial charge in [-0.3, -0.25) is 24.2 Å². The molecule has 1 aliphatic heterocycles. The van der Waals surface area contributed by atoms with Crippen LogP contribution in [-0.2, 0) is 33.3 Å². The molecule has 0 radical (unpaired) electrons. The van der Waals surface area contributed by atoms with Crippen LogP contribution in [0.5, 0.6) is 5.75 Å². The first-order valence-corrected chi connectivity index (χ1v) is 9.64. The van der Waals surface area contributed by atoms with Gasteiger partial charge in [0.25, 0.3) is 5.91 Å². The molecule has 2 rings (SSSR count). The first-order chi connectivity index (χ1) is 15.7. The molecule has 0 aromatic carbocycles. The van der Waals surface area contributed by atoms with Gasteiger partial charge in [0.1, 0.15) is 30.2 Å². The highest BCUT2D eigenvalue weighted by molar-refractivity contribution is 5.93. The Kier molecular flexibility index (Phi) is 8.95. The van der Waals surface area contributed by atoms with Crippen LogP contribution < -0.4 is 10.1 Å². The molecule has 178 valence electrons. The third-order valence-corrected chi connectivity index (χ3v) is 4.38. The second-order valence-corrected chi connectivity index (χ2v) is 6.80. The molecule has 5 atom stereocenters. The number of aromatic nitrogens is 1. The topological polar surface area (TPSA) is 188 Å². The lowest BCUT2D eigenvalue weighted by Gasteiger charge is -2.43. The number of methoxy groups -OCH3 is 1. The summed E-state index contributed by atoms with van der Waals surface area (Å²) < 4.78 is 26.3. The molecule has 1 aromatic heterocycles. The van der Waals surface area contributed by atoms with Gasteiger partial charge in [0.2, 0.25) is 0 Å². The molecule has 1 amide bonds. The van der Waals surface area contributed by atoms with Crippen LogP contribution in [0.1, 0.15) is 31.3 Å². The molecule has 2 heterocycles. The molecule has 0 saturated carbocycles. The average Bonchev–Trinajstić information content (AvgIpc) is 2.75. The van der Waals surface area contributed by atoms with Crippen LogP contribution in [0, 0.1) is 0 Å². The van der Waals surface area contributed by atoms with Crippen LogP contribution >= 0.6 is 0 Å². The van der Waals surface area contributed by atoms with Crippen LogP contribution in [0.4, 0.5) is 0 Å². The van der Waals surface area contributed by atoms with Crippen molar-refractivity contribution in [3.8, 4) is 5.75 Å². The summed E-state index contributed by atoms with van der Waals surface area (Å²) in [6.45, 7) is 2.97. The number of pyridine rings is 1. The van der Waals surface area contributed by atoms with Crippen LogP contribution in [0.25, 0.3) is 10.4 Å². The van der Waals surface area contributed by atoms with Gasteiger partial charge in [-0.05, 0) is 11.6 Å². The zero-order valence-corrected chi connectivity index (χ0v) is 18.3. The largest absolute Gasteiger partial charge is 0.497 e. The molecule has 1 N–H and O–H groups in total. The normalized spacial score (nSPS) is 23.9. The van der Waals surface area contributed by atoms with E-state index in [1.165, 1.54) is 25.4 Å². The molecule has 1 aromatic rings. The summed E-state index contributed by atoms with van der Waals surface area (Å²) in [6.07, 6.45) is -3.90. The Labute approximate surface area is 188 Å². The van der Waals surface area contributed by atoms with Crippen molar-refractivity contribution in [1.82, 2.24) is 10.3 Å². The van der Waals surface area contributed by atoms with Crippen molar-refractivity contribution in [3.05, 3.63) is 34.5 Å². The molecule has 1 aliphatic rings. The van der Waals surface area contributed by atoms with Gasteiger partial charge in [-0.25, -0.2) is 0 Å². The van der Waals surface area contributed by atoms with Crippen LogP contribution in [-0.4, -0.2) is 73.1 Å². The van der Waals surface area contributed by atoms with Gasteiger partial charge in [-0.1, -0.05) is 5.11 Å². The van der Waals surface area contributed by atoms with E-state index in [1.54, 1.807) is 0 Å². The number of hydrogen-bond donors (Lipinski definition) is 1. The van der Waals surface area contributed by atoms with Gasteiger partial charge >= 0.3 is 17.9 Å². The van der Waals surface area contributed by atoms with Crippen LogP contribution in [0.3, 0.4) is 0 Å². The Morgan fingerprint density at radius 2 is 1.82 bits per heavy atom. The minimum atomic E-state index is -1.42. The standard InChI is InChI=1S/C19H23N5O9/c1-9(25)30-8-14-16(31-10(2)26)17(32-11(3)27)15(19(33-14)23-24-20)22-18(28)13-7-12(29-4)5-6-21-13/h5-7,14-17,19H,8H2,1-4H3,(H,22,28)/t14-,15-,16-,17-,19+/m1/s1. The lowest BCUT2D eigenvalue weighted by atomic mass is 9.95. The van der Waals surface area contributed by atoms with Gasteiger partial charge in [0, 0.05) is 37.9 Å². The third-order valence-electron chi connectivity index (χ3n) is 4.38. The predicted molar refractivity (Wildman–Crippen MR) is 108 cm³/mol. The van der Waals surface area contributed by atoms with Crippen molar-refractivity contribution in [2.45, 2.75) is 51.4 Å². The number of hydrogen-bond acceptors (Lipinski definition) is 11. The summed E-state index contributed by atoms with van der Waals surface area (Å²) in [5.74, 6) is -2.56. The van der Waals surface area contributed by atoms with Crippen LogP contribution in [0.15, 0.2) is 23.4 Å². The Balaban J connectivity index is 2.44. The molecule has 33 heavy (non-hydrogen) atoms. The van der Waals surface area contributed by atoms with E-state index >= 15 is 0 Å². The van der Waals surface area contributed by atoms with E-state index in [1.807, 2.05) is 0 Å². The Bertz CT molecular complexity index is 949. The molecular weight excluding hydrogens is 442 g/mol. The number of rotatable bonds is 8. The first kappa shape index (κ1) is 25.4. The van der Waals surface area contributed by atoms with E-state index in [0.29, 0.717) is 5.75 Å². The summed E-state index contributed by atoms with van der Waals surface area (Å²) in [4.78, 5) is 54.3. The van der Waals surface area contributed by atoms with Gasteiger partial charge < -0.3 is 29.0 Å². The fourth-order valence-electron chi connectivity index (χ4n) is 3.11. The summed E-state index contributed by atoms with van der Waals surface area (Å²) >= 11 is 0. The van der Waals surface area contributed by atoms with Gasteiger partial charge in [0.15, 0.2) is 18.4 Å². The second kappa shape index (κ2) is 11.6. The molecule has 0 unspecified atom stereocenters. The highest BCUT2D eigenvalue weighted by atomic mass is 16.6. The van der Waals surface area contributed by atoms with E-state index in [0.717, 1.165) is 20.8 Å². The summed E-state index contributed by atoms with van der Waals surface area (Å²) in [5.41, 5.74) is 8.94. The zero-order chi connectivity index (χ0) is 24.5. The number of azide groups is 1. The molecule has 14 heteroatoms. The van der Waals surface area contributed by atoms with E-state index < -0.39 is 61.0 Å². The second-order valence-electron chi connectivity index (χ2n) is 6.80. The monoisotopic (exact) mass is 465 g/mol. The fourth-order valence-corrected chi connectivity index (χ4v) is 3.11. The quantitative estimate of drug-likeness (QED) is 0.188. The molecule has 0 bridgehead atoms. The summed E-state index contributed by atoms with van der Waals surface area (Å²) in [6, 6.07) is 1.60.